The summed E-state index contributed by atoms with van der Waals surface area (Å²) in [7, 11) is 0. The van der Waals surface area contributed by atoms with Gasteiger partial charge in [-0.1, -0.05) is 0 Å². The number of hydrogen-bond acceptors (Lipinski definition) is 6. The third-order valence-corrected chi connectivity index (χ3v) is 6.72. The van der Waals surface area contributed by atoms with Crippen LogP contribution in [0.15, 0.2) is 29.6 Å². The predicted molar refractivity (Wildman–Crippen MR) is 112 cm³/mol. The number of aromatic nitrogens is 2. The molecule has 1 saturated heterocycles. The van der Waals surface area contributed by atoms with Crippen LogP contribution in [0.2, 0.25) is 0 Å². The number of halogens is 3. The van der Waals surface area contributed by atoms with Crippen molar-refractivity contribution >= 4 is 39.6 Å². The summed E-state index contributed by atoms with van der Waals surface area (Å²) in [4.78, 5) is 36.1. The average molecular weight is 467 g/mol. The fraction of sp³-hybridized carbons (Fsp3) is 0.300. The minimum Gasteiger partial charge on any atom is -0.337 e. The molecule has 2 amide bonds. The molecule has 0 bridgehead atoms. The zero-order valence-corrected chi connectivity index (χ0v) is 18.1. The van der Waals surface area contributed by atoms with Crippen LogP contribution in [0.1, 0.15) is 26.6 Å². The molecule has 162 valence electrons. The number of alkyl halides is 3. The molecule has 0 spiro atoms. The molecule has 0 unspecified atom stereocenters. The molecule has 4 rings (SSSR count). The molecule has 1 fully saturated rings. The zero-order chi connectivity index (χ0) is 22.3. The first kappa shape index (κ1) is 21.4. The summed E-state index contributed by atoms with van der Waals surface area (Å²) in [5, 5.41) is 6.04. The summed E-state index contributed by atoms with van der Waals surface area (Å²) >= 11 is 2.85. The lowest BCUT2D eigenvalue weighted by Crippen LogP contribution is -2.54. The van der Waals surface area contributed by atoms with Crippen LogP contribution in [-0.4, -0.2) is 39.8 Å². The zero-order valence-electron chi connectivity index (χ0n) is 16.5. The van der Waals surface area contributed by atoms with Gasteiger partial charge in [0.15, 0.2) is 5.13 Å². The molecule has 1 N–H and O–H groups in total. The molecule has 6 nitrogen and oxygen atoms in total. The molecule has 1 aromatic carbocycles. The van der Waals surface area contributed by atoms with E-state index in [1.165, 1.54) is 27.6 Å². The van der Waals surface area contributed by atoms with Crippen LogP contribution >= 0.6 is 22.7 Å². The highest BCUT2D eigenvalue weighted by Crippen LogP contribution is 2.33. The van der Waals surface area contributed by atoms with Gasteiger partial charge in [-0.25, -0.2) is 9.97 Å². The first-order valence-electron chi connectivity index (χ1n) is 9.29. The minimum atomic E-state index is -4.45. The van der Waals surface area contributed by atoms with Crippen LogP contribution in [0.25, 0.3) is 10.6 Å². The van der Waals surface area contributed by atoms with Crippen molar-refractivity contribution in [2.75, 3.05) is 18.4 Å². The number of nitrogens with zero attached hydrogens (tertiary/aromatic N) is 3. The molecular weight excluding hydrogens is 449 g/mol. The number of aryl methyl sites for hydroxylation is 2. The van der Waals surface area contributed by atoms with Gasteiger partial charge in [0, 0.05) is 24.0 Å². The Kier molecular flexibility index (Phi) is 5.56. The lowest BCUT2D eigenvalue weighted by molar-refractivity contribution is -0.137. The van der Waals surface area contributed by atoms with Gasteiger partial charge in [-0.2, -0.15) is 13.2 Å². The molecule has 2 aromatic heterocycles. The summed E-state index contributed by atoms with van der Waals surface area (Å²) in [6.45, 7) is 4.24. The van der Waals surface area contributed by atoms with Gasteiger partial charge in [-0.3, -0.25) is 9.59 Å². The first-order chi connectivity index (χ1) is 14.6. The molecule has 1 aliphatic heterocycles. The minimum absolute atomic E-state index is 0.159. The predicted octanol–water partition coefficient (Wildman–Crippen LogP) is 4.61. The average Bonchev–Trinajstić information content (AvgIpc) is 3.25. The number of anilines is 1. The highest BCUT2D eigenvalue weighted by molar-refractivity contribution is 7.16. The van der Waals surface area contributed by atoms with Crippen molar-refractivity contribution in [2.45, 2.75) is 20.0 Å². The second kappa shape index (κ2) is 8.04. The highest BCUT2D eigenvalue weighted by atomic mass is 32.1. The fourth-order valence-corrected chi connectivity index (χ4v) is 4.87. The number of hydrogen-bond donors (Lipinski definition) is 1. The maximum atomic E-state index is 12.6. The molecule has 0 radical (unpaired) electrons. The highest BCUT2D eigenvalue weighted by Gasteiger charge is 2.37. The van der Waals surface area contributed by atoms with Crippen molar-refractivity contribution in [2.24, 2.45) is 5.92 Å². The van der Waals surface area contributed by atoms with Gasteiger partial charge in [0.2, 0.25) is 5.91 Å². The van der Waals surface area contributed by atoms with Crippen molar-refractivity contribution in [1.29, 1.82) is 0 Å². The number of amides is 2. The monoisotopic (exact) mass is 466 g/mol. The van der Waals surface area contributed by atoms with Crippen molar-refractivity contribution in [3.63, 3.8) is 0 Å². The van der Waals surface area contributed by atoms with Crippen LogP contribution in [0.3, 0.4) is 0 Å². The second-order valence-electron chi connectivity index (χ2n) is 7.16. The van der Waals surface area contributed by atoms with Crippen molar-refractivity contribution < 1.29 is 22.8 Å². The van der Waals surface area contributed by atoms with E-state index in [2.05, 4.69) is 15.3 Å². The first-order valence-corrected chi connectivity index (χ1v) is 11.0. The van der Waals surface area contributed by atoms with Crippen LogP contribution in [0, 0.1) is 19.8 Å². The topological polar surface area (TPSA) is 75.2 Å². The van der Waals surface area contributed by atoms with E-state index in [1.807, 2.05) is 19.2 Å². The van der Waals surface area contributed by atoms with E-state index in [9.17, 15) is 22.8 Å². The number of carbonyl (C=O) groups excluding carboxylic acids is 2. The van der Waals surface area contributed by atoms with Crippen LogP contribution in [0.5, 0.6) is 0 Å². The van der Waals surface area contributed by atoms with Crippen LogP contribution in [-0.2, 0) is 11.0 Å². The fourth-order valence-electron chi connectivity index (χ4n) is 3.21. The van der Waals surface area contributed by atoms with Crippen LogP contribution in [0.4, 0.5) is 18.3 Å². The van der Waals surface area contributed by atoms with Gasteiger partial charge in [0.1, 0.15) is 0 Å². The van der Waals surface area contributed by atoms with Crippen molar-refractivity contribution in [3.8, 4) is 10.6 Å². The summed E-state index contributed by atoms with van der Waals surface area (Å²) in [6.07, 6.45) is -4.45. The Morgan fingerprint density at radius 3 is 2.39 bits per heavy atom. The largest absolute Gasteiger partial charge is 0.416 e. The van der Waals surface area contributed by atoms with E-state index in [4.69, 9.17) is 0 Å². The Morgan fingerprint density at radius 1 is 1.13 bits per heavy atom. The molecule has 1 aliphatic rings. The standard InChI is InChI=1S/C20H17F3N4O2S2/c1-10-16(31-11(2)24-10)15-9-30-19(25-15)26-17(28)13-7-27(8-13)18(29)12-3-5-14(6-4-12)20(21,22)23/h3-6,9,13H,7-8H2,1-2H3,(H,25,26,28). The number of rotatable bonds is 4. The van der Waals surface area contributed by atoms with Gasteiger partial charge in [0.05, 0.1) is 32.8 Å². The van der Waals surface area contributed by atoms with Crippen molar-refractivity contribution in [1.82, 2.24) is 14.9 Å². The Labute approximate surface area is 183 Å². The number of nitrogens with one attached hydrogen (secondary N) is 1. The number of thiazole rings is 2. The molecule has 3 aromatic rings. The number of likely N-dealkylation sites (tertiary alicyclic amines) is 1. The molecule has 0 aliphatic carbocycles. The van der Waals surface area contributed by atoms with Crippen molar-refractivity contribution in [3.05, 3.63) is 51.5 Å². The molecule has 3 heterocycles. The normalized spacial score (nSPS) is 14.4. The smallest absolute Gasteiger partial charge is 0.337 e. The molecule has 11 heteroatoms. The Bertz CT molecular complexity index is 1130. The summed E-state index contributed by atoms with van der Waals surface area (Å²) in [5.41, 5.74) is 1.00. The lowest BCUT2D eigenvalue weighted by atomic mass is 9.97. The molecule has 0 saturated carbocycles. The van der Waals surface area contributed by atoms with Gasteiger partial charge in [-0.05, 0) is 38.1 Å². The third-order valence-electron chi connectivity index (χ3n) is 4.87. The summed E-state index contributed by atoms with van der Waals surface area (Å²) in [6, 6.07) is 4.06. The van der Waals surface area contributed by atoms with Gasteiger partial charge in [-0.15, -0.1) is 22.7 Å². The SMILES string of the molecule is Cc1nc(C)c(-c2csc(NC(=O)C3CN(C(=O)c4ccc(C(F)(F)F)cc4)C3)n2)s1. The number of benzene rings is 1. The van der Waals surface area contributed by atoms with E-state index in [0.717, 1.165) is 45.5 Å². The Balaban J connectivity index is 1.32. The molecular formula is C20H17F3N4O2S2. The Morgan fingerprint density at radius 2 is 1.81 bits per heavy atom. The summed E-state index contributed by atoms with van der Waals surface area (Å²) in [5.74, 6) is -1.03. The van der Waals surface area contributed by atoms with E-state index in [1.54, 1.807) is 0 Å². The number of carbonyl (C=O) groups is 2. The van der Waals surface area contributed by atoms with E-state index in [-0.39, 0.29) is 24.6 Å². The van der Waals surface area contributed by atoms with Crippen LogP contribution < -0.4 is 5.32 Å². The lowest BCUT2D eigenvalue weighted by Gasteiger charge is -2.38. The molecule has 31 heavy (non-hydrogen) atoms. The van der Waals surface area contributed by atoms with Gasteiger partial charge in [0.25, 0.3) is 5.91 Å². The summed E-state index contributed by atoms with van der Waals surface area (Å²) < 4.78 is 37.9. The van der Waals surface area contributed by atoms with E-state index >= 15 is 0 Å². The third kappa shape index (κ3) is 4.47. The van der Waals surface area contributed by atoms with E-state index in [0.29, 0.717) is 5.13 Å². The van der Waals surface area contributed by atoms with E-state index < -0.39 is 23.6 Å². The maximum absolute atomic E-state index is 12.6. The quantitative estimate of drug-likeness (QED) is 0.609. The Hall–Kier alpha value is -2.79. The van der Waals surface area contributed by atoms with Gasteiger partial charge >= 0.3 is 6.18 Å². The van der Waals surface area contributed by atoms with Gasteiger partial charge < -0.3 is 10.2 Å². The molecule has 0 atom stereocenters. The second-order valence-corrected chi connectivity index (χ2v) is 9.22. The maximum Gasteiger partial charge on any atom is 0.416 e.